The lowest BCUT2D eigenvalue weighted by Gasteiger charge is -2.11. The average Bonchev–Trinajstić information content (AvgIpc) is 2.53. The Bertz CT molecular complexity index is 657. The van der Waals surface area contributed by atoms with Gasteiger partial charge in [0.15, 0.2) is 0 Å². The van der Waals surface area contributed by atoms with E-state index in [1.54, 1.807) is 12.1 Å². The molecule has 5 heteroatoms. The van der Waals surface area contributed by atoms with Gasteiger partial charge in [-0.25, -0.2) is 4.79 Å². The fourth-order valence-corrected chi connectivity index (χ4v) is 2.18. The Morgan fingerprint density at radius 1 is 1.13 bits per heavy atom. The maximum atomic E-state index is 11.8. The summed E-state index contributed by atoms with van der Waals surface area (Å²) in [5.74, 6) is 0.842. The highest BCUT2D eigenvalue weighted by atomic mass is 35.5. The van der Waals surface area contributed by atoms with Crippen LogP contribution in [0.15, 0.2) is 42.5 Å². The Hall–Kier alpha value is -2.20. The van der Waals surface area contributed by atoms with Crippen LogP contribution >= 0.6 is 11.6 Å². The van der Waals surface area contributed by atoms with Crippen LogP contribution in [0.4, 0.5) is 10.5 Å². The fraction of sp³-hybridized carbons (Fsp3) is 0.278. The Morgan fingerprint density at radius 3 is 2.61 bits per heavy atom. The van der Waals surface area contributed by atoms with E-state index < -0.39 is 0 Å². The number of hydrogen-bond acceptors (Lipinski definition) is 2. The zero-order chi connectivity index (χ0) is 16.7. The van der Waals surface area contributed by atoms with Crippen molar-refractivity contribution in [3.8, 4) is 5.75 Å². The summed E-state index contributed by atoms with van der Waals surface area (Å²) in [7, 11) is 0. The van der Waals surface area contributed by atoms with E-state index >= 15 is 0 Å². The van der Waals surface area contributed by atoms with E-state index in [1.165, 1.54) is 5.56 Å². The summed E-state index contributed by atoms with van der Waals surface area (Å²) in [6, 6.07) is 13.1. The van der Waals surface area contributed by atoms with Crippen LogP contribution in [0, 0.1) is 13.8 Å². The molecule has 2 aromatic carbocycles. The van der Waals surface area contributed by atoms with E-state index in [2.05, 4.69) is 10.6 Å². The number of rotatable bonds is 6. The third-order valence-corrected chi connectivity index (χ3v) is 3.82. The molecular weight excluding hydrogens is 312 g/mol. The first-order valence-corrected chi connectivity index (χ1v) is 7.93. The maximum absolute atomic E-state index is 11.8. The monoisotopic (exact) mass is 332 g/mol. The normalized spacial score (nSPS) is 10.2. The SMILES string of the molecule is Cc1ccc(OCCCNC(=O)Nc2cccc(Cl)c2C)cc1. The van der Waals surface area contributed by atoms with Crippen LogP contribution in [0.3, 0.4) is 0 Å². The van der Waals surface area contributed by atoms with E-state index in [-0.39, 0.29) is 6.03 Å². The predicted octanol–water partition coefficient (Wildman–Crippen LogP) is 4.55. The number of ether oxygens (including phenoxy) is 1. The number of hydrogen-bond donors (Lipinski definition) is 2. The van der Waals surface area contributed by atoms with Gasteiger partial charge in [-0.3, -0.25) is 0 Å². The molecule has 0 atom stereocenters. The molecule has 2 N–H and O–H groups in total. The van der Waals surface area contributed by atoms with Crippen molar-refractivity contribution in [2.45, 2.75) is 20.3 Å². The van der Waals surface area contributed by atoms with Crippen LogP contribution in [-0.2, 0) is 0 Å². The zero-order valence-corrected chi connectivity index (χ0v) is 14.1. The third-order valence-electron chi connectivity index (χ3n) is 3.41. The Labute approximate surface area is 141 Å². The quantitative estimate of drug-likeness (QED) is 0.762. The Kier molecular flexibility index (Phi) is 6.29. The van der Waals surface area contributed by atoms with Crippen molar-refractivity contribution in [3.05, 3.63) is 58.6 Å². The molecule has 0 heterocycles. The molecule has 0 saturated heterocycles. The summed E-state index contributed by atoms with van der Waals surface area (Å²) >= 11 is 6.02. The smallest absolute Gasteiger partial charge is 0.319 e. The van der Waals surface area contributed by atoms with Gasteiger partial charge in [-0.05, 0) is 50.1 Å². The molecule has 0 spiro atoms. The van der Waals surface area contributed by atoms with Gasteiger partial charge in [-0.15, -0.1) is 0 Å². The van der Waals surface area contributed by atoms with Crippen molar-refractivity contribution in [1.29, 1.82) is 0 Å². The molecule has 0 fully saturated rings. The van der Waals surface area contributed by atoms with E-state index in [4.69, 9.17) is 16.3 Å². The number of nitrogens with one attached hydrogen (secondary N) is 2. The second-order valence-electron chi connectivity index (χ2n) is 5.31. The number of benzene rings is 2. The minimum absolute atomic E-state index is 0.245. The number of aryl methyl sites for hydroxylation is 1. The number of carbonyl (C=O) groups excluding carboxylic acids is 1. The highest BCUT2D eigenvalue weighted by molar-refractivity contribution is 6.31. The first-order valence-electron chi connectivity index (χ1n) is 7.55. The second-order valence-corrected chi connectivity index (χ2v) is 5.72. The molecule has 0 saturated carbocycles. The number of amides is 2. The van der Waals surface area contributed by atoms with Gasteiger partial charge >= 0.3 is 6.03 Å². The first kappa shape index (κ1) is 17.2. The van der Waals surface area contributed by atoms with Crippen molar-refractivity contribution < 1.29 is 9.53 Å². The zero-order valence-electron chi connectivity index (χ0n) is 13.4. The molecule has 0 aromatic heterocycles. The van der Waals surface area contributed by atoms with E-state index in [0.29, 0.717) is 23.9 Å². The number of anilines is 1. The van der Waals surface area contributed by atoms with E-state index in [1.807, 2.05) is 44.2 Å². The van der Waals surface area contributed by atoms with Gasteiger partial charge in [0, 0.05) is 17.3 Å². The summed E-state index contributed by atoms with van der Waals surface area (Å²) in [5.41, 5.74) is 2.77. The third kappa shape index (κ3) is 5.49. The van der Waals surface area contributed by atoms with Crippen molar-refractivity contribution in [1.82, 2.24) is 5.32 Å². The first-order chi connectivity index (χ1) is 11.1. The molecule has 23 heavy (non-hydrogen) atoms. The molecule has 0 bridgehead atoms. The summed E-state index contributed by atoms with van der Waals surface area (Å²) in [5, 5.41) is 6.22. The molecule has 2 aromatic rings. The molecule has 4 nitrogen and oxygen atoms in total. The van der Waals surface area contributed by atoms with Crippen LogP contribution in [-0.4, -0.2) is 19.2 Å². The van der Waals surface area contributed by atoms with Crippen molar-refractivity contribution in [2.75, 3.05) is 18.5 Å². The highest BCUT2D eigenvalue weighted by Gasteiger charge is 2.05. The van der Waals surface area contributed by atoms with E-state index in [9.17, 15) is 4.79 Å². The van der Waals surface area contributed by atoms with Gasteiger partial charge in [0.2, 0.25) is 0 Å². The lowest BCUT2D eigenvalue weighted by molar-refractivity contribution is 0.250. The van der Waals surface area contributed by atoms with Crippen molar-refractivity contribution in [2.24, 2.45) is 0 Å². The molecule has 0 aliphatic carbocycles. The maximum Gasteiger partial charge on any atom is 0.319 e. The van der Waals surface area contributed by atoms with E-state index in [0.717, 1.165) is 17.7 Å². The molecule has 0 aliphatic heterocycles. The van der Waals surface area contributed by atoms with Gasteiger partial charge in [-0.2, -0.15) is 0 Å². The lowest BCUT2D eigenvalue weighted by Crippen LogP contribution is -2.30. The van der Waals surface area contributed by atoms with Crippen molar-refractivity contribution >= 4 is 23.3 Å². The van der Waals surface area contributed by atoms with Crippen LogP contribution < -0.4 is 15.4 Å². The van der Waals surface area contributed by atoms with Gasteiger partial charge in [0.1, 0.15) is 5.75 Å². The highest BCUT2D eigenvalue weighted by Crippen LogP contribution is 2.22. The van der Waals surface area contributed by atoms with Gasteiger partial charge < -0.3 is 15.4 Å². The van der Waals surface area contributed by atoms with Gasteiger partial charge in [-0.1, -0.05) is 35.4 Å². The standard InChI is InChI=1S/C18H21ClN2O2/c1-13-7-9-15(10-8-13)23-12-4-11-20-18(22)21-17-6-3-5-16(19)14(17)2/h3,5-10H,4,11-12H2,1-2H3,(H2,20,21,22). The molecule has 2 amide bonds. The minimum atomic E-state index is -0.245. The van der Waals surface area contributed by atoms with Crippen LogP contribution in [0.25, 0.3) is 0 Å². The number of halogens is 1. The van der Waals surface area contributed by atoms with Crippen LogP contribution in [0.2, 0.25) is 5.02 Å². The minimum Gasteiger partial charge on any atom is -0.494 e. The number of carbonyl (C=O) groups is 1. The molecule has 2 rings (SSSR count). The molecule has 0 aliphatic rings. The summed E-state index contributed by atoms with van der Waals surface area (Å²) in [4.78, 5) is 11.8. The number of urea groups is 1. The Morgan fingerprint density at radius 2 is 1.87 bits per heavy atom. The Balaban J connectivity index is 1.67. The van der Waals surface area contributed by atoms with Gasteiger partial charge in [0.25, 0.3) is 0 Å². The van der Waals surface area contributed by atoms with Crippen molar-refractivity contribution in [3.63, 3.8) is 0 Å². The molecule has 0 radical (unpaired) electrons. The van der Waals surface area contributed by atoms with Gasteiger partial charge in [0.05, 0.1) is 6.61 Å². The largest absolute Gasteiger partial charge is 0.494 e. The predicted molar refractivity (Wildman–Crippen MR) is 94.5 cm³/mol. The topological polar surface area (TPSA) is 50.4 Å². The molecule has 122 valence electrons. The molecule has 0 unspecified atom stereocenters. The summed E-state index contributed by atoms with van der Waals surface area (Å²) in [6.45, 7) is 5.00. The second kappa shape index (κ2) is 8.44. The summed E-state index contributed by atoms with van der Waals surface area (Å²) in [6.07, 6.45) is 0.732. The molecular formula is C18H21ClN2O2. The van der Waals surface area contributed by atoms with Crippen LogP contribution in [0.1, 0.15) is 17.5 Å². The summed E-state index contributed by atoms with van der Waals surface area (Å²) < 4.78 is 5.61. The fourth-order valence-electron chi connectivity index (χ4n) is 2.01. The average molecular weight is 333 g/mol. The van der Waals surface area contributed by atoms with Crippen LogP contribution in [0.5, 0.6) is 5.75 Å². The lowest BCUT2D eigenvalue weighted by atomic mass is 10.2.